The zero-order valence-electron chi connectivity index (χ0n) is 18.3. The predicted molar refractivity (Wildman–Crippen MR) is 122 cm³/mol. The lowest BCUT2D eigenvalue weighted by Gasteiger charge is -2.13. The third-order valence-corrected chi connectivity index (χ3v) is 4.41. The summed E-state index contributed by atoms with van der Waals surface area (Å²) in [4.78, 5) is 23.4. The van der Waals surface area contributed by atoms with Crippen molar-refractivity contribution in [3.63, 3.8) is 0 Å². The van der Waals surface area contributed by atoms with Crippen molar-refractivity contribution in [2.45, 2.75) is 33.1 Å². The lowest BCUT2D eigenvalue weighted by atomic mass is 9.92. The van der Waals surface area contributed by atoms with Crippen molar-refractivity contribution in [3.8, 4) is 11.5 Å². The van der Waals surface area contributed by atoms with E-state index >= 15 is 0 Å². The van der Waals surface area contributed by atoms with Crippen LogP contribution in [0.25, 0.3) is 0 Å². The van der Waals surface area contributed by atoms with E-state index in [1.807, 2.05) is 6.07 Å². The number of anilines is 3. The van der Waals surface area contributed by atoms with Crippen molar-refractivity contribution in [1.82, 2.24) is 9.78 Å². The van der Waals surface area contributed by atoms with Gasteiger partial charge in [-0.3, -0.25) is 14.8 Å². The van der Waals surface area contributed by atoms with Gasteiger partial charge in [0.15, 0.2) is 0 Å². The van der Waals surface area contributed by atoms with Gasteiger partial charge in [-0.2, -0.15) is 5.10 Å². The number of benzene rings is 2. The Morgan fingerprint density at radius 3 is 1.84 bits per heavy atom. The molecule has 8 heteroatoms. The monoisotopic (exact) mass is 421 g/mol. The minimum absolute atomic E-state index is 0.103. The Hall–Kier alpha value is -3.81. The molecule has 162 valence electrons. The topological polar surface area (TPSA) is 97.3 Å². The second-order valence-corrected chi connectivity index (χ2v) is 8.20. The van der Waals surface area contributed by atoms with Crippen LogP contribution in [0.1, 0.15) is 33.4 Å². The molecule has 0 aliphatic heterocycles. The van der Waals surface area contributed by atoms with Crippen LogP contribution in [0.2, 0.25) is 0 Å². The zero-order chi connectivity index (χ0) is 22.6. The summed E-state index contributed by atoms with van der Waals surface area (Å²) >= 11 is 0. The summed E-state index contributed by atoms with van der Waals surface area (Å²) in [6.07, 6.45) is 0. The van der Waals surface area contributed by atoms with Gasteiger partial charge >= 0.3 is 6.03 Å². The summed E-state index contributed by atoms with van der Waals surface area (Å²) in [5.41, 5.74) is 2.13. The van der Waals surface area contributed by atoms with Crippen LogP contribution in [0.15, 0.2) is 54.6 Å². The molecular formula is C23H27N5O3. The van der Waals surface area contributed by atoms with E-state index in [9.17, 15) is 9.59 Å². The van der Waals surface area contributed by atoms with Gasteiger partial charge < -0.3 is 15.4 Å². The Morgan fingerprint density at radius 2 is 1.39 bits per heavy atom. The fourth-order valence-corrected chi connectivity index (χ4v) is 2.78. The largest absolute Gasteiger partial charge is 0.457 e. The summed E-state index contributed by atoms with van der Waals surface area (Å²) in [5, 5.41) is 12.8. The molecule has 3 aromatic rings. The SMILES string of the molecule is CC(=O)Nc1ccc(Oc2ccc(NC(=O)Nc3cc(C(C)(C)C)nn3C)cc2)cc1. The number of amides is 3. The number of nitrogens with one attached hydrogen (secondary N) is 3. The van der Waals surface area contributed by atoms with E-state index in [0.717, 1.165) is 5.69 Å². The summed E-state index contributed by atoms with van der Waals surface area (Å²) < 4.78 is 7.44. The molecule has 0 unspecified atom stereocenters. The smallest absolute Gasteiger partial charge is 0.324 e. The van der Waals surface area contributed by atoms with Crippen molar-refractivity contribution in [2.75, 3.05) is 16.0 Å². The van der Waals surface area contributed by atoms with Crippen LogP contribution in [-0.4, -0.2) is 21.7 Å². The predicted octanol–water partition coefficient (Wildman–Crippen LogP) is 5.11. The number of urea groups is 1. The molecule has 0 atom stereocenters. The van der Waals surface area contributed by atoms with Gasteiger partial charge in [0.2, 0.25) is 5.91 Å². The van der Waals surface area contributed by atoms with Gasteiger partial charge in [0.1, 0.15) is 17.3 Å². The quantitative estimate of drug-likeness (QED) is 0.533. The number of carbonyl (C=O) groups is 2. The summed E-state index contributed by atoms with van der Waals surface area (Å²) in [5.74, 6) is 1.75. The first kappa shape index (κ1) is 21.9. The van der Waals surface area contributed by atoms with Crippen molar-refractivity contribution in [1.29, 1.82) is 0 Å². The van der Waals surface area contributed by atoms with Crippen LogP contribution in [0, 0.1) is 0 Å². The maximum absolute atomic E-state index is 12.4. The molecular weight excluding hydrogens is 394 g/mol. The van der Waals surface area contributed by atoms with E-state index in [1.54, 1.807) is 60.3 Å². The first-order valence-electron chi connectivity index (χ1n) is 9.88. The van der Waals surface area contributed by atoms with Crippen molar-refractivity contribution in [3.05, 3.63) is 60.3 Å². The van der Waals surface area contributed by atoms with E-state index in [2.05, 4.69) is 41.8 Å². The first-order chi connectivity index (χ1) is 14.6. The van der Waals surface area contributed by atoms with Crippen molar-refractivity contribution in [2.24, 2.45) is 7.05 Å². The number of nitrogens with zero attached hydrogens (tertiary/aromatic N) is 2. The number of rotatable bonds is 5. The summed E-state index contributed by atoms with van der Waals surface area (Å²) in [6.45, 7) is 7.67. The molecule has 8 nitrogen and oxygen atoms in total. The van der Waals surface area contributed by atoms with E-state index in [1.165, 1.54) is 6.92 Å². The van der Waals surface area contributed by atoms with E-state index < -0.39 is 0 Å². The third-order valence-electron chi connectivity index (χ3n) is 4.41. The van der Waals surface area contributed by atoms with Gasteiger partial charge in [-0.25, -0.2) is 4.79 Å². The number of aromatic nitrogens is 2. The van der Waals surface area contributed by atoms with Gasteiger partial charge in [-0.1, -0.05) is 20.8 Å². The van der Waals surface area contributed by atoms with E-state index in [-0.39, 0.29) is 17.4 Å². The van der Waals surface area contributed by atoms with Crippen LogP contribution >= 0.6 is 0 Å². The average Bonchev–Trinajstić information content (AvgIpc) is 3.05. The van der Waals surface area contributed by atoms with Crippen molar-refractivity contribution >= 4 is 29.1 Å². The molecule has 0 bridgehead atoms. The third kappa shape index (κ3) is 6.08. The molecule has 3 amide bonds. The summed E-state index contributed by atoms with van der Waals surface area (Å²) in [7, 11) is 1.79. The van der Waals surface area contributed by atoms with Crippen LogP contribution in [0.5, 0.6) is 11.5 Å². The average molecular weight is 422 g/mol. The second kappa shape index (κ2) is 8.91. The molecule has 3 rings (SSSR count). The zero-order valence-corrected chi connectivity index (χ0v) is 18.3. The van der Waals surface area contributed by atoms with Gasteiger partial charge in [-0.05, 0) is 48.5 Å². The number of hydrogen-bond acceptors (Lipinski definition) is 4. The lowest BCUT2D eigenvalue weighted by molar-refractivity contribution is -0.114. The molecule has 0 fully saturated rings. The highest BCUT2D eigenvalue weighted by atomic mass is 16.5. The molecule has 0 spiro atoms. The number of carbonyl (C=O) groups excluding carboxylic acids is 2. The van der Waals surface area contributed by atoms with E-state index in [4.69, 9.17) is 4.74 Å². The Kier molecular flexibility index (Phi) is 6.29. The first-order valence-corrected chi connectivity index (χ1v) is 9.88. The molecule has 3 N–H and O–H groups in total. The van der Waals surface area contributed by atoms with Gasteiger partial charge in [0.05, 0.1) is 5.69 Å². The highest BCUT2D eigenvalue weighted by Gasteiger charge is 2.19. The molecule has 2 aromatic carbocycles. The molecule has 31 heavy (non-hydrogen) atoms. The Labute approximate surface area is 181 Å². The molecule has 1 aromatic heterocycles. The molecule has 0 saturated heterocycles. The lowest BCUT2D eigenvalue weighted by Crippen LogP contribution is -2.20. The maximum Gasteiger partial charge on any atom is 0.324 e. The Balaban J connectivity index is 1.57. The second-order valence-electron chi connectivity index (χ2n) is 8.20. The highest BCUT2D eigenvalue weighted by molar-refractivity contribution is 5.99. The molecule has 0 aliphatic rings. The minimum atomic E-state index is -0.356. The molecule has 0 radical (unpaired) electrons. The van der Waals surface area contributed by atoms with Crippen LogP contribution in [0.3, 0.4) is 0 Å². The molecule has 0 saturated carbocycles. The molecule has 1 heterocycles. The fraction of sp³-hybridized carbons (Fsp3) is 0.261. The van der Waals surface area contributed by atoms with Crippen molar-refractivity contribution < 1.29 is 14.3 Å². The van der Waals surface area contributed by atoms with Gasteiger partial charge in [-0.15, -0.1) is 0 Å². The normalized spacial score (nSPS) is 11.0. The van der Waals surface area contributed by atoms with Crippen LogP contribution < -0.4 is 20.7 Å². The van der Waals surface area contributed by atoms with Gasteiger partial charge in [0, 0.05) is 36.8 Å². The standard InChI is InChI=1S/C23H27N5O3/c1-15(29)24-16-6-10-18(11-7-16)31-19-12-8-17(9-13-19)25-22(30)26-21-14-20(23(2,3)4)27-28(21)5/h6-14H,1-5H3,(H,24,29)(H2,25,26,30). The number of hydrogen-bond donors (Lipinski definition) is 3. The number of aryl methyl sites for hydroxylation is 1. The maximum atomic E-state index is 12.4. The fourth-order valence-electron chi connectivity index (χ4n) is 2.78. The Bertz CT molecular complexity index is 1060. The highest BCUT2D eigenvalue weighted by Crippen LogP contribution is 2.25. The summed E-state index contributed by atoms with van der Waals surface area (Å²) in [6, 6.07) is 15.6. The Morgan fingerprint density at radius 1 is 0.871 bits per heavy atom. The van der Waals surface area contributed by atoms with E-state index in [0.29, 0.717) is 28.7 Å². The van der Waals surface area contributed by atoms with Crippen LogP contribution in [0.4, 0.5) is 22.0 Å². The number of ether oxygens (including phenoxy) is 1. The molecule has 0 aliphatic carbocycles. The van der Waals surface area contributed by atoms with Gasteiger partial charge in [0.25, 0.3) is 0 Å². The van der Waals surface area contributed by atoms with Crippen LogP contribution in [-0.2, 0) is 17.3 Å². The minimum Gasteiger partial charge on any atom is -0.457 e.